The summed E-state index contributed by atoms with van der Waals surface area (Å²) in [5.41, 5.74) is 1.03. The van der Waals surface area contributed by atoms with Crippen molar-refractivity contribution >= 4 is 29.3 Å². The molecule has 1 aromatic carbocycles. The standard InChI is InChI=1S/C20H25N5O2S/c1-20(2,3)19(27)25-11-28-10-15(25)18(26)21-14-6-4-5-13(9-14)17-22-16(23-24-17)12-7-8-12/h4-6,9,12,15H,7-8,10-11H2,1-3H3,(H,21,26)(H,22,23,24). The number of thioether (sulfide) groups is 1. The summed E-state index contributed by atoms with van der Waals surface area (Å²) in [4.78, 5) is 31.7. The first-order chi connectivity index (χ1) is 13.3. The molecule has 0 spiro atoms. The van der Waals surface area contributed by atoms with Crippen LogP contribution >= 0.6 is 11.8 Å². The highest BCUT2D eigenvalue weighted by Gasteiger charge is 2.39. The van der Waals surface area contributed by atoms with Crippen LogP contribution in [0.3, 0.4) is 0 Å². The number of nitrogens with one attached hydrogen (secondary N) is 2. The molecule has 2 N–H and O–H groups in total. The van der Waals surface area contributed by atoms with Gasteiger partial charge >= 0.3 is 0 Å². The average Bonchev–Trinajstić information content (AvgIpc) is 3.19. The lowest BCUT2D eigenvalue weighted by Gasteiger charge is -2.29. The molecule has 1 unspecified atom stereocenters. The summed E-state index contributed by atoms with van der Waals surface area (Å²) in [5.74, 6) is 3.08. The van der Waals surface area contributed by atoms with Crippen LogP contribution in [0.2, 0.25) is 0 Å². The lowest BCUT2D eigenvalue weighted by atomic mass is 9.94. The van der Waals surface area contributed by atoms with E-state index in [4.69, 9.17) is 0 Å². The van der Waals surface area contributed by atoms with Crippen LogP contribution in [0, 0.1) is 5.41 Å². The predicted octanol–water partition coefficient (Wildman–Crippen LogP) is 3.24. The molecular weight excluding hydrogens is 374 g/mol. The predicted molar refractivity (Wildman–Crippen MR) is 110 cm³/mol. The van der Waals surface area contributed by atoms with Crippen molar-refractivity contribution in [3.05, 3.63) is 30.1 Å². The fourth-order valence-corrected chi connectivity index (χ4v) is 4.35. The Hall–Kier alpha value is -2.35. The molecule has 1 aromatic heterocycles. The number of H-pyrrole nitrogens is 1. The second-order valence-corrected chi connectivity index (χ2v) is 9.43. The first kappa shape index (κ1) is 19.0. The zero-order valence-electron chi connectivity index (χ0n) is 16.4. The van der Waals surface area contributed by atoms with Gasteiger partial charge in [0, 0.05) is 28.3 Å². The Labute approximate surface area is 168 Å². The molecular formula is C20H25N5O2S. The summed E-state index contributed by atoms with van der Waals surface area (Å²) in [7, 11) is 0. The molecule has 0 radical (unpaired) electrons. The normalized spacial score (nSPS) is 19.7. The zero-order valence-corrected chi connectivity index (χ0v) is 17.2. The highest BCUT2D eigenvalue weighted by atomic mass is 32.2. The highest BCUT2D eigenvalue weighted by molar-refractivity contribution is 7.99. The second-order valence-electron chi connectivity index (χ2n) is 8.43. The molecule has 2 amide bonds. The van der Waals surface area contributed by atoms with E-state index in [1.807, 2.05) is 45.0 Å². The smallest absolute Gasteiger partial charge is 0.248 e. The van der Waals surface area contributed by atoms with Crippen LogP contribution in [0.1, 0.15) is 45.4 Å². The lowest BCUT2D eigenvalue weighted by Crippen LogP contribution is -2.48. The molecule has 28 heavy (non-hydrogen) atoms. The third kappa shape index (κ3) is 3.92. The summed E-state index contributed by atoms with van der Waals surface area (Å²) >= 11 is 1.61. The van der Waals surface area contributed by atoms with Crippen LogP contribution in [0.15, 0.2) is 24.3 Å². The van der Waals surface area contributed by atoms with Crippen LogP contribution in [-0.4, -0.2) is 49.6 Å². The van der Waals surface area contributed by atoms with E-state index in [1.54, 1.807) is 16.7 Å². The second kappa shape index (κ2) is 7.24. The summed E-state index contributed by atoms with van der Waals surface area (Å²) in [6.07, 6.45) is 2.32. The lowest BCUT2D eigenvalue weighted by molar-refractivity contribution is -0.143. The topological polar surface area (TPSA) is 91.0 Å². The largest absolute Gasteiger partial charge is 0.324 e. The number of aromatic nitrogens is 3. The van der Waals surface area contributed by atoms with Gasteiger partial charge in [0.05, 0.1) is 5.88 Å². The molecule has 1 aliphatic carbocycles. The Morgan fingerprint density at radius 1 is 1.29 bits per heavy atom. The van der Waals surface area contributed by atoms with Crippen LogP contribution in [-0.2, 0) is 9.59 Å². The molecule has 7 nitrogen and oxygen atoms in total. The minimum Gasteiger partial charge on any atom is -0.324 e. The van der Waals surface area contributed by atoms with Gasteiger partial charge in [-0.05, 0) is 25.0 Å². The SMILES string of the molecule is CC(C)(C)C(=O)N1CSCC1C(=O)Nc1cccc(-c2n[nH]c(C3CC3)n2)c1. The summed E-state index contributed by atoms with van der Waals surface area (Å²) in [6, 6.07) is 7.06. The van der Waals surface area contributed by atoms with Gasteiger partial charge in [0.2, 0.25) is 11.8 Å². The van der Waals surface area contributed by atoms with Crippen LogP contribution < -0.4 is 5.32 Å². The number of anilines is 1. The maximum absolute atomic E-state index is 12.9. The molecule has 0 bridgehead atoms. The Morgan fingerprint density at radius 3 is 2.79 bits per heavy atom. The average molecular weight is 400 g/mol. The number of benzene rings is 1. The van der Waals surface area contributed by atoms with Crippen molar-refractivity contribution in [2.45, 2.75) is 45.6 Å². The summed E-state index contributed by atoms with van der Waals surface area (Å²) < 4.78 is 0. The number of hydrogen-bond donors (Lipinski definition) is 2. The van der Waals surface area contributed by atoms with Gasteiger partial charge in [0.25, 0.3) is 0 Å². The zero-order chi connectivity index (χ0) is 19.9. The Balaban J connectivity index is 1.47. The van der Waals surface area contributed by atoms with Crippen LogP contribution in [0.4, 0.5) is 5.69 Å². The number of amides is 2. The van der Waals surface area contributed by atoms with Crippen molar-refractivity contribution < 1.29 is 9.59 Å². The fraction of sp³-hybridized carbons (Fsp3) is 0.500. The summed E-state index contributed by atoms with van der Waals surface area (Å²) in [5, 5.41) is 10.3. The van der Waals surface area contributed by atoms with E-state index in [-0.39, 0.29) is 11.8 Å². The molecule has 1 atom stereocenters. The van der Waals surface area contributed by atoms with Gasteiger partial charge < -0.3 is 10.2 Å². The van der Waals surface area contributed by atoms with E-state index in [0.717, 1.165) is 24.2 Å². The molecule has 2 fully saturated rings. The number of carbonyl (C=O) groups is 2. The van der Waals surface area contributed by atoms with Crippen LogP contribution in [0.5, 0.6) is 0 Å². The van der Waals surface area contributed by atoms with Crippen molar-refractivity contribution in [2.75, 3.05) is 16.9 Å². The van der Waals surface area contributed by atoms with Gasteiger partial charge in [0.15, 0.2) is 5.82 Å². The molecule has 1 saturated carbocycles. The minimum atomic E-state index is -0.506. The quantitative estimate of drug-likeness (QED) is 0.824. The fourth-order valence-electron chi connectivity index (χ4n) is 3.20. The van der Waals surface area contributed by atoms with Crippen molar-refractivity contribution in [3.8, 4) is 11.4 Å². The molecule has 1 aliphatic heterocycles. The third-order valence-electron chi connectivity index (χ3n) is 4.94. The molecule has 2 aliphatic rings. The number of aromatic amines is 1. The van der Waals surface area contributed by atoms with Crippen molar-refractivity contribution in [1.29, 1.82) is 0 Å². The van der Waals surface area contributed by atoms with E-state index >= 15 is 0 Å². The van der Waals surface area contributed by atoms with Crippen molar-refractivity contribution in [3.63, 3.8) is 0 Å². The van der Waals surface area contributed by atoms with E-state index in [0.29, 0.717) is 29.1 Å². The van der Waals surface area contributed by atoms with Gasteiger partial charge in [-0.25, -0.2) is 4.98 Å². The van der Waals surface area contributed by atoms with Gasteiger partial charge in [-0.1, -0.05) is 32.9 Å². The minimum absolute atomic E-state index is 0.000251. The molecule has 1 saturated heterocycles. The van der Waals surface area contributed by atoms with Crippen LogP contribution in [0.25, 0.3) is 11.4 Å². The van der Waals surface area contributed by atoms with E-state index in [9.17, 15) is 9.59 Å². The molecule has 4 rings (SSSR count). The number of nitrogens with zero attached hydrogens (tertiary/aromatic N) is 3. The Kier molecular flexibility index (Phi) is 4.91. The van der Waals surface area contributed by atoms with Gasteiger partial charge in [0.1, 0.15) is 11.9 Å². The monoisotopic (exact) mass is 399 g/mol. The van der Waals surface area contributed by atoms with Crippen molar-refractivity contribution in [2.24, 2.45) is 5.41 Å². The number of hydrogen-bond acceptors (Lipinski definition) is 5. The van der Waals surface area contributed by atoms with E-state index < -0.39 is 11.5 Å². The Morgan fingerprint density at radius 2 is 2.07 bits per heavy atom. The third-order valence-corrected chi connectivity index (χ3v) is 5.95. The first-order valence-electron chi connectivity index (χ1n) is 9.55. The number of carbonyl (C=O) groups excluding carboxylic acids is 2. The highest BCUT2D eigenvalue weighted by Crippen LogP contribution is 2.38. The van der Waals surface area contributed by atoms with E-state index in [1.165, 1.54) is 0 Å². The molecule has 2 heterocycles. The van der Waals surface area contributed by atoms with Crippen molar-refractivity contribution in [1.82, 2.24) is 20.1 Å². The maximum Gasteiger partial charge on any atom is 0.248 e. The molecule has 8 heteroatoms. The van der Waals surface area contributed by atoms with Gasteiger partial charge in [-0.2, -0.15) is 5.10 Å². The van der Waals surface area contributed by atoms with Gasteiger partial charge in [-0.15, -0.1) is 11.8 Å². The maximum atomic E-state index is 12.9. The van der Waals surface area contributed by atoms with Gasteiger partial charge in [-0.3, -0.25) is 14.7 Å². The number of rotatable bonds is 4. The first-order valence-corrected chi connectivity index (χ1v) is 10.7. The Bertz CT molecular complexity index is 900. The summed E-state index contributed by atoms with van der Waals surface area (Å²) in [6.45, 7) is 5.64. The molecule has 2 aromatic rings. The van der Waals surface area contributed by atoms with E-state index in [2.05, 4.69) is 20.5 Å². The molecule has 148 valence electrons.